The van der Waals surface area contributed by atoms with E-state index < -0.39 is 0 Å². The van der Waals surface area contributed by atoms with Crippen LogP contribution in [0.25, 0.3) is 0 Å². The third kappa shape index (κ3) is 3.00. The van der Waals surface area contributed by atoms with Gasteiger partial charge in [0.25, 0.3) is 0 Å². The summed E-state index contributed by atoms with van der Waals surface area (Å²) in [5.74, 6) is 2.61. The third-order valence-electron chi connectivity index (χ3n) is 6.17. The van der Waals surface area contributed by atoms with Gasteiger partial charge < -0.3 is 10.5 Å². The molecular weight excluding hydrogens is 234 g/mol. The first kappa shape index (κ1) is 13.9. The summed E-state index contributed by atoms with van der Waals surface area (Å²) in [4.78, 5) is 0. The Bertz CT molecular complexity index is 279. The predicted molar refractivity (Wildman–Crippen MR) is 79.0 cm³/mol. The van der Waals surface area contributed by atoms with E-state index in [1.165, 1.54) is 70.6 Å². The van der Waals surface area contributed by atoms with Gasteiger partial charge >= 0.3 is 0 Å². The van der Waals surface area contributed by atoms with Crippen molar-refractivity contribution in [2.24, 2.45) is 23.5 Å². The van der Waals surface area contributed by atoms with Crippen LogP contribution in [-0.2, 0) is 4.74 Å². The molecule has 0 radical (unpaired) electrons. The van der Waals surface area contributed by atoms with Crippen molar-refractivity contribution in [1.29, 1.82) is 0 Å². The molecule has 2 heteroatoms. The SMILES string of the molecule is NCC1CCCCC1C1CCOC2(CCCCC2)C1. The van der Waals surface area contributed by atoms with Gasteiger partial charge in [0.2, 0.25) is 0 Å². The van der Waals surface area contributed by atoms with Crippen LogP contribution in [0.5, 0.6) is 0 Å². The molecule has 3 aliphatic rings. The minimum Gasteiger partial charge on any atom is -0.375 e. The van der Waals surface area contributed by atoms with Crippen molar-refractivity contribution < 1.29 is 4.74 Å². The molecule has 0 bridgehead atoms. The molecule has 0 amide bonds. The molecule has 1 saturated heterocycles. The molecule has 1 aliphatic heterocycles. The van der Waals surface area contributed by atoms with Crippen LogP contribution in [0, 0.1) is 17.8 Å². The summed E-state index contributed by atoms with van der Waals surface area (Å²) in [6, 6.07) is 0. The number of hydrogen-bond acceptors (Lipinski definition) is 2. The predicted octanol–water partition coefficient (Wildman–Crippen LogP) is 3.88. The van der Waals surface area contributed by atoms with Gasteiger partial charge in [-0.15, -0.1) is 0 Å². The fourth-order valence-electron chi connectivity index (χ4n) is 5.13. The van der Waals surface area contributed by atoms with Crippen molar-refractivity contribution in [3.05, 3.63) is 0 Å². The molecule has 0 aromatic carbocycles. The molecule has 110 valence electrons. The Morgan fingerprint density at radius 3 is 2.53 bits per heavy atom. The van der Waals surface area contributed by atoms with Gasteiger partial charge in [-0.3, -0.25) is 0 Å². The molecule has 2 aliphatic carbocycles. The number of ether oxygens (including phenoxy) is 1. The highest BCUT2D eigenvalue weighted by Gasteiger charge is 2.42. The van der Waals surface area contributed by atoms with Crippen molar-refractivity contribution in [1.82, 2.24) is 0 Å². The first-order valence-electron chi connectivity index (χ1n) is 8.67. The summed E-state index contributed by atoms with van der Waals surface area (Å²) in [7, 11) is 0. The molecule has 3 atom stereocenters. The van der Waals surface area contributed by atoms with Gasteiger partial charge in [0.05, 0.1) is 5.60 Å². The van der Waals surface area contributed by atoms with Gasteiger partial charge in [0.15, 0.2) is 0 Å². The second-order valence-electron chi connectivity index (χ2n) is 7.29. The number of hydrogen-bond donors (Lipinski definition) is 1. The fourth-order valence-corrected chi connectivity index (χ4v) is 5.13. The van der Waals surface area contributed by atoms with E-state index in [4.69, 9.17) is 10.5 Å². The van der Waals surface area contributed by atoms with Gasteiger partial charge in [-0.1, -0.05) is 32.1 Å². The molecule has 0 aromatic rings. The number of nitrogens with two attached hydrogens (primary N) is 1. The molecule has 2 saturated carbocycles. The van der Waals surface area contributed by atoms with Crippen molar-refractivity contribution in [3.63, 3.8) is 0 Å². The zero-order valence-corrected chi connectivity index (χ0v) is 12.4. The van der Waals surface area contributed by atoms with Gasteiger partial charge in [-0.2, -0.15) is 0 Å². The van der Waals surface area contributed by atoms with Crippen molar-refractivity contribution in [2.75, 3.05) is 13.2 Å². The smallest absolute Gasteiger partial charge is 0.0685 e. The normalized spacial score (nSPS) is 39.3. The quantitative estimate of drug-likeness (QED) is 0.822. The molecule has 1 heterocycles. The second-order valence-corrected chi connectivity index (χ2v) is 7.29. The Kier molecular flexibility index (Phi) is 4.48. The minimum atomic E-state index is 0.276. The summed E-state index contributed by atoms with van der Waals surface area (Å²) in [6.07, 6.45) is 15.1. The van der Waals surface area contributed by atoms with E-state index in [-0.39, 0.29) is 5.60 Å². The Labute approximate surface area is 118 Å². The van der Waals surface area contributed by atoms with Crippen LogP contribution in [0.4, 0.5) is 0 Å². The van der Waals surface area contributed by atoms with E-state index in [1.54, 1.807) is 0 Å². The Hall–Kier alpha value is -0.0800. The van der Waals surface area contributed by atoms with Gasteiger partial charge in [0, 0.05) is 6.61 Å². The van der Waals surface area contributed by atoms with Crippen LogP contribution in [-0.4, -0.2) is 18.8 Å². The average Bonchev–Trinajstić information content (AvgIpc) is 2.48. The molecule has 3 fully saturated rings. The lowest BCUT2D eigenvalue weighted by atomic mass is 9.65. The maximum atomic E-state index is 6.27. The van der Waals surface area contributed by atoms with E-state index in [2.05, 4.69) is 0 Å². The zero-order chi connectivity index (χ0) is 13.1. The first-order valence-corrected chi connectivity index (χ1v) is 8.67. The highest BCUT2D eigenvalue weighted by Crippen LogP contribution is 2.46. The molecule has 0 aromatic heterocycles. The monoisotopic (exact) mass is 265 g/mol. The summed E-state index contributed by atoms with van der Waals surface area (Å²) < 4.78 is 6.27. The number of rotatable bonds is 2. The van der Waals surface area contributed by atoms with Crippen LogP contribution >= 0.6 is 0 Å². The molecular formula is C17H31NO. The van der Waals surface area contributed by atoms with Gasteiger partial charge in [-0.25, -0.2) is 0 Å². The summed E-state index contributed by atoms with van der Waals surface area (Å²) in [5.41, 5.74) is 6.31. The zero-order valence-electron chi connectivity index (χ0n) is 12.4. The topological polar surface area (TPSA) is 35.2 Å². The highest BCUT2D eigenvalue weighted by atomic mass is 16.5. The second kappa shape index (κ2) is 6.13. The van der Waals surface area contributed by atoms with Gasteiger partial charge in [0.1, 0.15) is 0 Å². The summed E-state index contributed by atoms with van der Waals surface area (Å²) >= 11 is 0. The molecule has 2 nitrogen and oxygen atoms in total. The van der Waals surface area contributed by atoms with Gasteiger partial charge in [-0.05, 0) is 62.8 Å². The first-order chi connectivity index (χ1) is 9.33. The highest BCUT2D eigenvalue weighted by molar-refractivity contribution is 4.93. The van der Waals surface area contributed by atoms with Crippen molar-refractivity contribution >= 4 is 0 Å². The van der Waals surface area contributed by atoms with E-state index >= 15 is 0 Å². The standard InChI is InChI=1S/C17H31NO/c18-13-15-6-2-3-7-16(15)14-8-11-19-17(12-14)9-4-1-5-10-17/h14-16H,1-13,18H2. The average molecular weight is 265 g/mol. The maximum absolute atomic E-state index is 6.27. The van der Waals surface area contributed by atoms with E-state index in [1.807, 2.05) is 0 Å². The van der Waals surface area contributed by atoms with Crippen molar-refractivity contribution in [3.8, 4) is 0 Å². The Morgan fingerprint density at radius 1 is 0.947 bits per heavy atom. The lowest BCUT2D eigenvalue weighted by Crippen LogP contribution is -2.45. The van der Waals surface area contributed by atoms with Crippen LogP contribution in [0.1, 0.15) is 70.6 Å². The lowest BCUT2D eigenvalue weighted by Gasteiger charge is -2.47. The molecule has 19 heavy (non-hydrogen) atoms. The fraction of sp³-hybridized carbons (Fsp3) is 1.00. The molecule has 1 spiro atoms. The van der Waals surface area contributed by atoms with E-state index in [0.717, 1.165) is 30.9 Å². The third-order valence-corrected chi connectivity index (χ3v) is 6.17. The maximum Gasteiger partial charge on any atom is 0.0685 e. The molecule has 2 N–H and O–H groups in total. The van der Waals surface area contributed by atoms with Crippen LogP contribution in [0.15, 0.2) is 0 Å². The molecule has 3 rings (SSSR count). The van der Waals surface area contributed by atoms with Crippen molar-refractivity contribution in [2.45, 2.75) is 76.2 Å². The van der Waals surface area contributed by atoms with Crippen LogP contribution < -0.4 is 5.73 Å². The lowest BCUT2D eigenvalue weighted by molar-refractivity contribution is -0.130. The minimum absolute atomic E-state index is 0.276. The summed E-state index contributed by atoms with van der Waals surface area (Å²) in [5, 5.41) is 0. The summed E-state index contributed by atoms with van der Waals surface area (Å²) in [6.45, 7) is 1.92. The van der Waals surface area contributed by atoms with E-state index in [0.29, 0.717) is 0 Å². The Balaban J connectivity index is 1.66. The molecule has 3 unspecified atom stereocenters. The Morgan fingerprint density at radius 2 is 1.74 bits per heavy atom. The largest absolute Gasteiger partial charge is 0.375 e. The van der Waals surface area contributed by atoms with E-state index in [9.17, 15) is 0 Å². The van der Waals surface area contributed by atoms with Crippen LogP contribution in [0.2, 0.25) is 0 Å². The van der Waals surface area contributed by atoms with Crippen LogP contribution in [0.3, 0.4) is 0 Å².